The first-order valence-corrected chi connectivity index (χ1v) is 6.59. The number of Topliss-reactive ketones (excluding diaryl/α,β-unsaturated/α-hetero) is 1. The maximum atomic E-state index is 11.8. The van der Waals surface area contributed by atoms with E-state index in [0.717, 1.165) is 31.5 Å². The summed E-state index contributed by atoms with van der Waals surface area (Å²) >= 11 is 0. The van der Waals surface area contributed by atoms with Crippen molar-refractivity contribution in [2.45, 2.75) is 39.0 Å². The van der Waals surface area contributed by atoms with Crippen LogP contribution in [0.25, 0.3) is 0 Å². The summed E-state index contributed by atoms with van der Waals surface area (Å²) in [5.74, 6) is 0.499. The second kappa shape index (κ2) is 4.23. The van der Waals surface area contributed by atoms with Gasteiger partial charge in [0.15, 0.2) is 0 Å². The van der Waals surface area contributed by atoms with Crippen LogP contribution in [0.1, 0.15) is 36.5 Å². The molecule has 0 N–H and O–H groups in total. The molecule has 94 valence electrons. The van der Waals surface area contributed by atoms with Crippen molar-refractivity contribution in [1.29, 1.82) is 0 Å². The van der Waals surface area contributed by atoms with Gasteiger partial charge < -0.3 is 9.69 Å². The predicted molar refractivity (Wildman–Crippen MR) is 69.8 cm³/mol. The Bertz CT molecular complexity index is 534. The van der Waals surface area contributed by atoms with Crippen LogP contribution in [0.5, 0.6) is 0 Å². The molecular formula is C15H17NO2. The molecule has 2 aliphatic heterocycles. The van der Waals surface area contributed by atoms with Crippen LogP contribution in [0.15, 0.2) is 12.1 Å². The van der Waals surface area contributed by atoms with Gasteiger partial charge in [0.1, 0.15) is 5.78 Å². The van der Waals surface area contributed by atoms with E-state index in [4.69, 9.17) is 0 Å². The van der Waals surface area contributed by atoms with Gasteiger partial charge in [-0.1, -0.05) is 12.1 Å². The first-order valence-electron chi connectivity index (χ1n) is 6.59. The van der Waals surface area contributed by atoms with E-state index in [1.807, 2.05) is 4.90 Å². The number of carbonyl (C=O) groups excluding carboxylic acids is 2. The number of hydrogen-bond acceptors (Lipinski definition) is 2. The molecule has 2 heterocycles. The summed E-state index contributed by atoms with van der Waals surface area (Å²) in [6.07, 6.45) is 3.88. The van der Waals surface area contributed by atoms with E-state index in [1.54, 1.807) is 6.92 Å². The maximum Gasteiger partial charge on any atom is 0.227 e. The molecule has 3 heteroatoms. The van der Waals surface area contributed by atoms with E-state index in [9.17, 15) is 9.59 Å². The molecule has 1 amide bonds. The second-order valence-corrected chi connectivity index (χ2v) is 5.26. The van der Waals surface area contributed by atoms with Gasteiger partial charge in [-0.05, 0) is 42.9 Å². The average molecular weight is 243 g/mol. The molecule has 0 atom stereocenters. The number of ketones is 1. The summed E-state index contributed by atoms with van der Waals surface area (Å²) in [5, 5.41) is 0. The quantitative estimate of drug-likeness (QED) is 0.814. The van der Waals surface area contributed by atoms with Crippen molar-refractivity contribution < 1.29 is 9.59 Å². The first kappa shape index (κ1) is 11.5. The molecule has 3 nitrogen and oxygen atoms in total. The Morgan fingerprint density at radius 2 is 1.94 bits per heavy atom. The van der Waals surface area contributed by atoms with E-state index < -0.39 is 0 Å². The molecule has 1 aromatic rings. The smallest absolute Gasteiger partial charge is 0.227 e. The fourth-order valence-electron chi connectivity index (χ4n) is 2.99. The Morgan fingerprint density at radius 3 is 2.67 bits per heavy atom. The molecule has 0 aliphatic carbocycles. The Kier molecular flexibility index (Phi) is 2.69. The third kappa shape index (κ3) is 1.84. The van der Waals surface area contributed by atoms with Crippen molar-refractivity contribution in [2.75, 3.05) is 11.4 Å². The Balaban J connectivity index is 1.94. The molecule has 0 fully saturated rings. The highest BCUT2D eigenvalue weighted by atomic mass is 16.2. The van der Waals surface area contributed by atoms with Crippen molar-refractivity contribution in [2.24, 2.45) is 0 Å². The Morgan fingerprint density at radius 1 is 1.22 bits per heavy atom. The number of benzene rings is 1. The fourth-order valence-corrected chi connectivity index (χ4v) is 2.99. The molecule has 2 aliphatic rings. The van der Waals surface area contributed by atoms with E-state index >= 15 is 0 Å². The van der Waals surface area contributed by atoms with Crippen LogP contribution < -0.4 is 4.90 Å². The van der Waals surface area contributed by atoms with Crippen molar-refractivity contribution in [3.8, 4) is 0 Å². The zero-order valence-corrected chi connectivity index (χ0v) is 10.7. The lowest BCUT2D eigenvalue weighted by Gasteiger charge is -2.25. The summed E-state index contributed by atoms with van der Waals surface area (Å²) < 4.78 is 0. The van der Waals surface area contributed by atoms with Crippen LogP contribution >= 0.6 is 0 Å². The first-order chi connectivity index (χ1) is 8.65. The number of carbonyl (C=O) groups is 2. The minimum atomic E-state index is 0.237. The van der Waals surface area contributed by atoms with Gasteiger partial charge in [-0.2, -0.15) is 0 Å². The van der Waals surface area contributed by atoms with Gasteiger partial charge >= 0.3 is 0 Å². The normalized spacial score (nSPS) is 16.9. The minimum absolute atomic E-state index is 0.237. The molecule has 0 bridgehead atoms. The number of hydrogen-bond donors (Lipinski definition) is 0. The lowest BCUT2D eigenvalue weighted by molar-refractivity contribution is -0.119. The van der Waals surface area contributed by atoms with Crippen LogP contribution in [-0.2, 0) is 28.9 Å². The van der Waals surface area contributed by atoms with E-state index in [-0.39, 0.29) is 11.7 Å². The second-order valence-electron chi connectivity index (χ2n) is 5.26. The molecule has 3 rings (SSSR count). The third-order valence-electron chi connectivity index (χ3n) is 3.88. The van der Waals surface area contributed by atoms with Crippen molar-refractivity contribution in [1.82, 2.24) is 0 Å². The summed E-state index contributed by atoms with van der Waals surface area (Å²) in [6, 6.07) is 4.37. The number of rotatable bonds is 3. The van der Waals surface area contributed by atoms with Crippen LogP contribution in [-0.4, -0.2) is 18.2 Å². The van der Waals surface area contributed by atoms with Gasteiger partial charge in [-0.25, -0.2) is 0 Å². The molecule has 0 spiro atoms. The van der Waals surface area contributed by atoms with Gasteiger partial charge in [0, 0.05) is 19.4 Å². The summed E-state index contributed by atoms with van der Waals surface area (Å²) in [6.45, 7) is 2.47. The standard InChI is InChI=1S/C15H17NO2/c1-10(17)2-3-11-8-12-4-5-14(18)16-7-6-13(9-11)15(12)16/h8-9H,2-7H2,1H3. The summed E-state index contributed by atoms with van der Waals surface area (Å²) in [7, 11) is 0. The molecule has 0 radical (unpaired) electrons. The summed E-state index contributed by atoms with van der Waals surface area (Å²) in [4.78, 5) is 24.8. The lowest BCUT2D eigenvalue weighted by Crippen LogP contribution is -2.32. The van der Waals surface area contributed by atoms with Crippen LogP contribution in [0.4, 0.5) is 5.69 Å². The van der Waals surface area contributed by atoms with E-state index in [2.05, 4.69) is 12.1 Å². The number of aryl methyl sites for hydroxylation is 2. The fraction of sp³-hybridized carbons (Fsp3) is 0.467. The molecule has 0 saturated carbocycles. The zero-order valence-electron chi connectivity index (χ0n) is 10.7. The molecular weight excluding hydrogens is 226 g/mol. The largest absolute Gasteiger partial charge is 0.312 e. The van der Waals surface area contributed by atoms with Crippen LogP contribution in [0.2, 0.25) is 0 Å². The van der Waals surface area contributed by atoms with Gasteiger partial charge in [0.2, 0.25) is 5.91 Å². The monoisotopic (exact) mass is 243 g/mol. The van der Waals surface area contributed by atoms with Gasteiger partial charge in [-0.3, -0.25) is 4.79 Å². The van der Waals surface area contributed by atoms with Gasteiger partial charge in [0.05, 0.1) is 5.69 Å². The average Bonchev–Trinajstić information content (AvgIpc) is 2.76. The van der Waals surface area contributed by atoms with Gasteiger partial charge in [0.25, 0.3) is 0 Å². The zero-order chi connectivity index (χ0) is 12.7. The van der Waals surface area contributed by atoms with E-state index in [1.165, 1.54) is 16.7 Å². The molecule has 18 heavy (non-hydrogen) atoms. The van der Waals surface area contributed by atoms with Crippen LogP contribution in [0.3, 0.4) is 0 Å². The van der Waals surface area contributed by atoms with Crippen LogP contribution in [0, 0.1) is 0 Å². The lowest BCUT2D eigenvalue weighted by atomic mass is 9.95. The Labute approximate surface area is 107 Å². The highest BCUT2D eigenvalue weighted by molar-refractivity contribution is 5.98. The van der Waals surface area contributed by atoms with E-state index in [0.29, 0.717) is 12.8 Å². The highest BCUT2D eigenvalue weighted by Crippen LogP contribution is 2.37. The predicted octanol–water partition coefficient (Wildman–Crippen LogP) is 2.04. The SMILES string of the molecule is CC(=O)CCc1cc2c3c(c1)CCN3C(=O)CC2. The Hall–Kier alpha value is -1.64. The number of anilines is 1. The van der Waals surface area contributed by atoms with Crippen molar-refractivity contribution in [3.05, 3.63) is 28.8 Å². The topological polar surface area (TPSA) is 37.4 Å². The summed E-state index contributed by atoms with van der Waals surface area (Å²) in [5.41, 5.74) is 5.00. The molecule has 1 aromatic carbocycles. The number of amides is 1. The van der Waals surface area contributed by atoms with Gasteiger partial charge in [-0.15, -0.1) is 0 Å². The molecule has 0 aromatic heterocycles. The van der Waals surface area contributed by atoms with Crippen molar-refractivity contribution in [3.63, 3.8) is 0 Å². The third-order valence-corrected chi connectivity index (χ3v) is 3.88. The molecule has 0 unspecified atom stereocenters. The minimum Gasteiger partial charge on any atom is -0.312 e. The van der Waals surface area contributed by atoms with Crippen molar-refractivity contribution >= 4 is 17.4 Å². The highest BCUT2D eigenvalue weighted by Gasteiger charge is 2.31. The molecule has 0 saturated heterocycles. The maximum absolute atomic E-state index is 11.8. The number of nitrogens with zero attached hydrogens (tertiary/aromatic N) is 1.